The van der Waals surface area contributed by atoms with Gasteiger partial charge in [0.25, 0.3) is 5.91 Å². The Kier molecular flexibility index (Phi) is 5.34. The number of aromatic nitrogens is 3. The molecule has 3 rings (SSSR count). The minimum absolute atomic E-state index is 0.0112. The molecule has 4 N–H and O–H groups in total. The molecule has 0 saturated heterocycles. The van der Waals surface area contributed by atoms with Gasteiger partial charge in [-0.3, -0.25) is 10.2 Å². The summed E-state index contributed by atoms with van der Waals surface area (Å²) in [6.45, 7) is 3.75. The zero-order valence-electron chi connectivity index (χ0n) is 14.9. The van der Waals surface area contributed by atoms with Crippen molar-refractivity contribution < 1.29 is 4.79 Å². The van der Waals surface area contributed by atoms with E-state index in [9.17, 15) is 4.79 Å². The number of aromatic amines is 1. The van der Waals surface area contributed by atoms with Gasteiger partial charge >= 0.3 is 0 Å². The second kappa shape index (κ2) is 7.54. The molecule has 0 aliphatic rings. The molecule has 7 nitrogen and oxygen atoms in total. The van der Waals surface area contributed by atoms with Gasteiger partial charge in [0.1, 0.15) is 11.2 Å². The average Bonchev–Trinajstić information content (AvgIpc) is 3.03. The Labute approximate surface area is 166 Å². The molecule has 3 aromatic rings. The highest BCUT2D eigenvalue weighted by Crippen LogP contribution is 2.31. The first kappa shape index (κ1) is 19.1. The standard InChI is InChI=1S/C18H18Cl2N6O/c1-8(2)25-18(27)10-6-23-17-16(10)26-13(7-24-17)15(21)14-11(20)4-9(19)5-12(14)22-3/h4-8,21-22H,1-3H3,(H,23,24)(H,25,27). The Hall–Kier alpha value is -2.64. The Balaban J connectivity index is 2.08. The molecule has 0 spiro atoms. The molecule has 0 radical (unpaired) electrons. The number of fused-ring (bicyclic) bond motifs is 1. The van der Waals surface area contributed by atoms with E-state index in [4.69, 9.17) is 28.6 Å². The van der Waals surface area contributed by atoms with Crippen LogP contribution in [0.1, 0.15) is 35.5 Å². The largest absolute Gasteiger partial charge is 0.387 e. The van der Waals surface area contributed by atoms with Crippen LogP contribution in [0.15, 0.2) is 24.5 Å². The Morgan fingerprint density at radius 3 is 2.70 bits per heavy atom. The highest BCUT2D eigenvalue weighted by Gasteiger charge is 2.20. The van der Waals surface area contributed by atoms with E-state index in [1.807, 2.05) is 13.8 Å². The number of benzene rings is 1. The van der Waals surface area contributed by atoms with Crippen molar-refractivity contribution in [2.45, 2.75) is 19.9 Å². The third-order valence-corrected chi connectivity index (χ3v) is 4.39. The molecule has 0 atom stereocenters. The lowest BCUT2D eigenvalue weighted by Gasteiger charge is -2.13. The van der Waals surface area contributed by atoms with Gasteiger partial charge in [-0.15, -0.1) is 0 Å². The Morgan fingerprint density at radius 2 is 2.04 bits per heavy atom. The highest BCUT2D eigenvalue weighted by molar-refractivity contribution is 6.38. The molecule has 0 saturated carbocycles. The fourth-order valence-electron chi connectivity index (χ4n) is 2.68. The number of nitrogens with zero attached hydrogens (tertiary/aromatic N) is 2. The van der Waals surface area contributed by atoms with Crippen LogP contribution in [0, 0.1) is 5.41 Å². The molecule has 1 aromatic carbocycles. The van der Waals surface area contributed by atoms with Gasteiger partial charge in [-0.1, -0.05) is 23.2 Å². The number of nitrogens with one attached hydrogen (secondary N) is 4. The number of carbonyl (C=O) groups excluding carboxylic acids is 1. The highest BCUT2D eigenvalue weighted by atomic mass is 35.5. The molecule has 2 aromatic heterocycles. The third-order valence-electron chi connectivity index (χ3n) is 3.88. The van der Waals surface area contributed by atoms with Crippen LogP contribution in [0.3, 0.4) is 0 Å². The summed E-state index contributed by atoms with van der Waals surface area (Å²) in [6, 6.07) is 3.24. The van der Waals surface area contributed by atoms with Gasteiger partial charge in [-0.25, -0.2) is 9.97 Å². The van der Waals surface area contributed by atoms with Crippen LogP contribution in [0.4, 0.5) is 5.69 Å². The first-order valence-corrected chi connectivity index (χ1v) is 8.98. The minimum atomic E-state index is -0.255. The predicted octanol–water partition coefficient (Wildman–Crippen LogP) is 3.86. The number of H-pyrrole nitrogens is 1. The molecule has 0 aliphatic carbocycles. The Morgan fingerprint density at radius 1 is 1.30 bits per heavy atom. The molecule has 27 heavy (non-hydrogen) atoms. The van der Waals surface area contributed by atoms with Gasteiger partial charge in [0.15, 0.2) is 5.65 Å². The SMILES string of the molecule is CNc1cc(Cl)cc(Cl)c1C(=N)c1cnc2[nH]cc(C(=O)NC(C)C)c2n1. The van der Waals surface area contributed by atoms with Crippen molar-refractivity contribution in [1.82, 2.24) is 20.3 Å². The molecular formula is C18H18Cl2N6O. The summed E-state index contributed by atoms with van der Waals surface area (Å²) in [7, 11) is 1.72. The normalized spacial score (nSPS) is 11.0. The zero-order valence-corrected chi connectivity index (χ0v) is 16.5. The van der Waals surface area contributed by atoms with E-state index in [0.29, 0.717) is 43.7 Å². The number of hydrogen-bond acceptors (Lipinski definition) is 5. The minimum Gasteiger partial charge on any atom is -0.387 e. The van der Waals surface area contributed by atoms with Crippen molar-refractivity contribution in [2.24, 2.45) is 0 Å². The fraction of sp³-hybridized carbons (Fsp3) is 0.222. The number of rotatable bonds is 5. The van der Waals surface area contributed by atoms with Crippen LogP contribution >= 0.6 is 23.2 Å². The molecule has 1 amide bonds. The van der Waals surface area contributed by atoms with Gasteiger partial charge in [-0.2, -0.15) is 0 Å². The summed E-state index contributed by atoms with van der Waals surface area (Å²) < 4.78 is 0. The lowest BCUT2D eigenvalue weighted by molar-refractivity contribution is 0.0944. The van der Waals surface area contributed by atoms with E-state index in [0.717, 1.165) is 0 Å². The van der Waals surface area contributed by atoms with E-state index in [1.165, 1.54) is 6.20 Å². The van der Waals surface area contributed by atoms with Crippen molar-refractivity contribution in [1.29, 1.82) is 5.41 Å². The van der Waals surface area contributed by atoms with Gasteiger partial charge in [-0.05, 0) is 26.0 Å². The predicted molar refractivity (Wildman–Crippen MR) is 108 cm³/mol. The van der Waals surface area contributed by atoms with Crippen molar-refractivity contribution in [3.63, 3.8) is 0 Å². The second-order valence-corrected chi connectivity index (χ2v) is 7.06. The lowest BCUT2D eigenvalue weighted by Crippen LogP contribution is -2.30. The molecule has 140 valence electrons. The van der Waals surface area contributed by atoms with Gasteiger partial charge in [0.2, 0.25) is 0 Å². The average molecular weight is 405 g/mol. The lowest BCUT2D eigenvalue weighted by atomic mass is 10.0. The van der Waals surface area contributed by atoms with Crippen molar-refractivity contribution in [2.75, 3.05) is 12.4 Å². The second-order valence-electron chi connectivity index (χ2n) is 6.22. The summed E-state index contributed by atoms with van der Waals surface area (Å²) in [4.78, 5) is 24.1. The maximum atomic E-state index is 12.4. The topological polar surface area (TPSA) is 107 Å². The number of hydrogen-bond donors (Lipinski definition) is 4. The number of carbonyl (C=O) groups is 1. The van der Waals surface area contributed by atoms with Gasteiger partial charge in [0.05, 0.1) is 22.5 Å². The maximum absolute atomic E-state index is 12.4. The summed E-state index contributed by atoms with van der Waals surface area (Å²) in [5, 5.41) is 15.2. The molecule has 0 fully saturated rings. The zero-order chi connectivity index (χ0) is 19.7. The molecule has 0 bridgehead atoms. The number of halogens is 2. The number of amides is 1. The maximum Gasteiger partial charge on any atom is 0.255 e. The van der Waals surface area contributed by atoms with Crippen molar-refractivity contribution >= 4 is 51.7 Å². The van der Waals surface area contributed by atoms with Crippen LogP contribution in [0.2, 0.25) is 10.0 Å². The van der Waals surface area contributed by atoms with Crippen LogP contribution in [0.25, 0.3) is 11.2 Å². The van der Waals surface area contributed by atoms with E-state index in [1.54, 1.807) is 25.4 Å². The quantitative estimate of drug-likeness (QED) is 0.484. The van der Waals surface area contributed by atoms with Crippen LogP contribution in [-0.4, -0.2) is 39.7 Å². The van der Waals surface area contributed by atoms with Crippen molar-refractivity contribution in [3.05, 3.63) is 51.4 Å². The van der Waals surface area contributed by atoms with Gasteiger partial charge in [0, 0.05) is 35.6 Å². The monoisotopic (exact) mass is 404 g/mol. The fourth-order valence-corrected chi connectivity index (χ4v) is 3.27. The Bertz CT molecular complexity index is 1040. The number of anilines is 1. The molecule has 0 aliphatic heterocycles. The summed E-state index contributed by atoms with van der Waals surface area (Å²) in [5.74, 6) is -0.255. The molecule has 9 heteroatoms. The first-order chi connectivity index (χ1) is 12.8. The summed E-state index contributed by atoms with van der Waals surface area (Å²) >= 11 is 12.4. The van der Waals surface area contributed by atoms with Crippen LogP contribution < -0.4 is 10.6 Å². The summed E-state index contributed by atoms with van der Waals surface area (Å²) in [5.41, 5.74) is 2.67. The van der Waals surface area contributed by atoms with Crippen LogP contribution in [0.5, 0.6) is 0 Å². The van der Waals surface area contributed by atoms with Crippen LogP contribution in [-0.2, 0) is 0 Å². The molecule has 2 heterocycles. The van der Waals surface area contributed by atoms with E-state index in [2.05, 4.69) is 25.6 Å². The smallest absolute Gasteiger partial charge is 0.255 e. The van der Waals surface area contributed by atoms with Gasteiger partial charge < -0.3 is 15.6 Å². The molecular weight excluding hydrogens is 387 g/mol. The first-order valence-electron chi connectivity index (χ1n) is 8.23. The third kappa shape index (κ3) is 3.74. The molecule has 0 unspecified atom stereocenters. The summed E-state index contributed by atoms with van der Waals surface area (Å²) in [6.07, 6.45) is 3.03. The van der Waals surface area contributed by atoms with E-state index in [-0.39, 0.29) is 17.7 Å². The van der Waals surface area contributed by atoms with Crippen molar-refractivity contribution in [3.8, 4) is 0 Å². The van der Waals surface area contributed by atoms with E-state index >= 15 is 0 Å². The van der Waals surface area contributed by atoms with E-state index < -0.39 is 0 Å².